The summed E-state index contributed by atoms with van der Waals surface area (Å²) in [4.78, 5) is 16.4. The number of fused-ring (bicyclic) bond motifs is 1. The van der Waals surface area contributed by atoms with Gasteiger partial charge in [-0.1, -0.05) is 48.5 Å². The molecule has 6 heteroatoms. The second-order valence-electron chi connectivity index (χ2n) is 6.71. The Morgan fingerprint density at radius 1 is 1.07 bits per heavy atom. The Hall–Kier alpha value is -3.02. The standard InChI is InChI=1S/C22H28N4O2/c1-2-23-22(25-15-19-14-18-10-6-7-11-20(18)28-19)26-16-21(27)24-13-12-17-8-4-3-5-9-17/h3-11,19H,2,12-16H2,1H3,(H,24,27)(H2,23,25,26). The van der Waals surface area contributed by atoms with Crippen molar-refractivity contribution in [2.45, 2.75) is 25.9 Å². The van der Waals surface area contributed by atoms with Gasteiger partial charge in [-0.05, 0) is 30.5 Å². The van der Waals surface area contributed by atoms with Gasteiger partial charge in [0.15, 0.2) is 5.96 Å². The fourth-order valence-electron chi connectivity index (χ4n) is 3.12. The van der Waals surface area contributed by atoms with E-state index in [4.69, 9.17) is 4.74 Å². The lowest BCUT2D eigenvalue weighted by Crippen LogP contribution is -2.43. The van der Waals surface area contributed by atoms with Crippen molar-refractivity contribution >= 4 is 11.9 Å². The number of nitrogens with zero attached hydrogens (tertiary/aromatic N) is 1. The fourth-order valence-corrected chi connectivity index (χ4v) is 3.12. The zero-order chi connectivity index (χ0) is 19.6. The number of carbonyl (C=O) groups excluding carboxylic acids is 1. The van der Waals surface area contributed by atoms with E-state index in [1.54, 1.807) is 0 Å². The average Bonchev–Trinajstić information content (AvgIpc) is 3.14. The van der Waals surface area contributed by atoms with Crippen LogP contribution in [0.1, 0.15) is 18.1 Å². The number of aliphatic imine (C=N–C) groups is 1. The Kier molecular flexibility index (Phi) is 7.29. The molecule has 0 aromatic heterocycles. The molecule has 1 heterocycles. The summed E-state index contributed by atoms with van der Waals surface area (Å²) in [5.41, 5.74) is 2.44. The molecule has 148 valence electrons. The van der Waals surface area contributed by atoms with Gasteiger partial charge in [-0.3, -0.25) is 4.79 Å². The van der Waals surface area contributed by atoms with Gasteiger partial charge in [0.25, 0.3) is 0 Å². The first-order valence-corrected chi connectivity index (χ1v) is 9.82. The first-order valence-electron chi connectivity index (χ1n) is 9.82. The molecule has 0 aliphatic carbocycles. The van der Waals surface area contributed by atoms with Gasteiger partial charge < -0.3 is 20.7 Å². The van der Waals surface area contributed by atoms with Gasteiger partial charge >= 0.3 is 0 Å². The molecule has 1 unspecified atom stereocenters. The van der Waals surface area contributed by atoms with E-state index in [2.05, 4.69) is 39.1 Å². The number of rotatable bonds is 8. The summed E-state index contributed by atoms with van der Waals surface area (Å²) in [6.45, 7) is 4.06. The molecule has 0 saturated carbocycles. The molecule has 6 nitrogen and oxygen atoms in total. The SMILES string of the molecule is CCNC(=NCC(=O)NCCc1ccccc1)NCC1Cc2ccccc2O1. The van der Waals surface area contributed by atoms with E-state index >= 15 is 0 Å². The van der Waals surface area contributed by atoms with Gasteiger partial charge in [0.05, 0.1) is 6.54 Å². The Labute approximate surface area is 166 Å². The van der Waals surface area contributed by atoms with Crippen LogP contribution in [-0.2, 0) is 17.6 Å². The molecular formula is C22H28N4O2. The largest absolute Gasteiger partial charge is 0.488 e. The molecule has 0 radical (unpaired) electrons. The number of guanidine groups is 1. The van der Waals surface area contributed by atoms with Crippen molar-refractivity contribution in [3.05, 3.63) is 65.7 Å². The van der Waals surface area contributed by atoms with Crippen LogP contribution in [0.15, 0.2) is 59.6 Å². The van der Waals surface area contributed by atoms with Crippen LogP contribution in [0, 0.1) is 0 Å². The van der Waals surface area contributed by atoms with Crippen molar-refractivity contribution < 1.29 is 9.53 Å². The number of ether oxygens (including phenoxy) is 1. The summed E-state index contributed by atoms with van der Waals surface area (Å²) in [6.07, 6.45) is 1.76. The Bertz CT molecular complexity index is 767. The predicted octanol–water partition coefficient (Wildman–Crippen LogP) is 1.90. The summed E-state index contributed by atoms with van der Waals surface area (Å²) in [5.74, 6) is 1.49. The lowest BCUT2D eigenvalue weighted by atomic mass is 10.1. The highest BCUT2D eigenvalue weighted by molar-refractivity contribution is 5.84. The van der Waals surface area contributed by atoms with Gasteiger partial charge in [-0.2, -0.15) is 0 Å². The van der Waals surface area contributed by atoms with Crippen LogP contribution in [0.3, 0.4) is 0 Å². The van der Waals surface area contributed by atoms with E-state index < -0.39 is 0 Å². The maximum absolute atomic E-state index is 12.1. The maximum Gasteiger partial charge on any atom is 0.241 e. The molecule has 1 aliphatic heterocycles. The van der Waals surface area contributed by atoms with E-state index in [-0.39, 0.29) is 18.6 Å². The van der Waals surface area contributed by atoms with Crippen molar-refractivity contribution in [2.24, 2.45) is 4.99 Å². The second-order valence-corrected chi connectivity index (χ2v) is 6.71. The van der Waals surface area contributed by atoms with E-state index in [0.717, 1.165) is 25.1 Å². The summed E-state index contributed by atoms with van der Waals surface area (Å²) in [5, 5.41) is 9.35. The van der Waals surface area contributed by atoms with Crippen LogP contribution >= 0.6 is 0 Å². The quantitative estimate of drug-likeness (QED) is 0.483. The minimum atomic E-state index is -0.0855. The molecule has 1 atom stereocenters. The average molecular weight is 380 g/mol. The first kappa shape index (κ1) is 19.7. The zero-order valence-corrected chi connectivity index (χ0v) is 16.3. The van der Waals surface area contributed by atoms with Crippen molar-refractivity contribution in [1.29, 1.82) is 0 Å². The van der Waals surface area contributed by atoms with Gasteiger partial charge in [-0.25, -0.2) is 4.99 Å². The topological polar surface area (TPSA) is 74.8 Å². The zero-order valence-electron chi connectivity index (χ0n) is 16.3. The number of amides is 1. The first-order chi connectivity index (χ1) is 13.7. The highest BCUT2D eigenvalue weighted by atomic mass is 16.5. The summed E-state index contributed by atoms with van der Waals surface area (Å²) >= 11 is 0. The monoisotopic (exact) mass is 380 g/mol. The lowest BCUT2D eigenvalue weighted by Gasteiger charge is -2.15. The Morgan fingerprint density at radius 2 is 1.86 bits per heavy atom. The molecule has 0 spiro atoms. The molecule has 0 fully saturated rings. The van der Waals surface area contributed by atoms with Crippen molar-refractivity contribution in [3.8, 4) is 5.75 Å². The highest BCUT2D eigenvalue weighted by Gasteiger charge is 2.22. The third-order valence-corrected chi connectivity index (χ3v) is 4.51. The van der Waals surface area contributed by atoms with Gasteiger partial charge in [0.2, 0.25) is 5.91 Å². The fraction of sp³-hybridized carbons (Fsp3) is 0.364. The molecule has 2 aromatic carbocycles. The van der Waals surface area contributed by atoms with Crippen molar-refractivity contribution in [3.63, 3.8) is 0 Å². The molecule has 1 aliphatic rings. The Morgan fingerprint density at radius 3 is 2.64 bits per heavy atom. The Balaban J connectivity index is 1.40. The molecule has 0 saturated heterocycles. The number of hydrogen-bond acceptors (Lipinski definition) is 3. The van der Waals surface area contributed by atoms with E-state index in [0.29, 0.717) is 19.0 Å². The number of carbonyl (C=O) groups is 1. The van der Waals surface area contributed by atoms with Crippen LogP contribution in [0.4, 0.5) is 0 Å². The molecule has 2 aromatic rings. The number of hydrogen-bond donors (Lipinski definition) is 3. The number of para-hydroxylation sites is 1. The molecule has 0 bridgehead atoms. The molecule has 28 heavy (non-hydrogen) atoms. The molecular weight excluding hydrogens is 352 g/mol. The van der Waals surface area contributed by atoms with Gasteiger partial charge in [0.1, 0.15) is 18.4 Å². The van der Waals surface area contributed by atoms with E-state index in [9.17, 15) is 4.79 Å². The highest BCUT2D eigenvalue weighted by Crippen LogP contribution is 2.27. The maximum atomic E-state index is 12.1. The third kappa shape index (κ3) is 6.01. The van der Waals surface area contributed by atoms with Crippen LogP contribution in [0.5, 0.6) is 5.75 Å². The van der Waals surface area contributed by atoms with Crippen LogP contribution < -0.4 is 20.7 Å². The minimum absolute atomic E-state index is 0.0703. The molecule has 3 rings (SSSR count). The predicted molar refractivity (Wildman–Crippen MR) is 112 cm³/mol. The summed E-state index contributed by atoms with van der Waals surface area (Å²) in [7, 11) is 0. The smallest absolute Gasteiger partial charge is 0.241 e. The third-order valence-electron chi connectivity index (χ3n) is 4.51. The van der Waals surface area contributed by atoms with Gasteiger partial charge in [0, 0.05) is 19.5 Å². The van der Waals surface area contributed by atoms with Crippen molar-refractivity contribution in [2.75, 3.05) is 26.2 Å². The van der Waals surface area contributed by atoms with Crippen LogP contribution in [0.2, 0.25) is 0 Å². The number of nitrogens with one attached hydrogen (secondary N) is 3. The van der Waals surface area contributed by atoms with E-state index in [1.807, 2.05) is 43.3 Å². The number of benzene rings is 2. The van der Waals surface area contributed by atoms with Crippen LogP contribution in [-0.4, -0.2) is 44.1 Å². The molecule has 3 N–H and O–H groups in total. The van der Waals surface area contributed by atoms with Crippen molar-refractivity contribution in [1.82, 2.24) is 16.0 Å². The summed E-state index contributed by atoms with van der Waals surface area (Å²) < 4.78 is 5.93. The van der Waals surface area contributed by atoms with E-state index in [1.165, 1.54) is 11.1 Å². The second kappa shape index (κ2) is 10.3. The normalized spacial score (nSPS) is 15.5. The lowest BCUT2D eigenvalue weighted by molar-refractivity contribution is -0.119. The minimum Gasteiger partial charge on any atom is -0.488 e. The molecule has 1 amide bonds. The van der Waals surface area contributed by atoms with Crippen LogP contribution in [0.25, 0.3) is 0 Å². The van der Waals surface area contributed by atoms with Gasteiger partial charge in [-0.15, -0.1) is 0 Å². The summed E-state index contributed by atoms with van der Waals surface area (Å²) in [6, 6.07) is 18.2.